The molecule has 0 amide bonds. The lowest BCUT2D eigenvalue weighted by molar-refractivity contribution is 0.107. The molecule has 3 heteroatoms. The summed E-state index contributed by atoms with van der Waals surface area (Å²) in [6, 6.07) is 16.8. The van der Waals surface area contributed by atoms with E-state index < -0.39 is 0 Å². The largest absolute Gasteiger partial charge is 0.372 e. The third-order valence-electron chi connectivity index (χ3n) is 3.19. The summed E-state index contributed by atoms with van der Waals surface area (Å²) in [5, 5.41) is 4.18. The summed E-state index contributed by atoms with van der Waals surface area (Å²) >= 11 is 6.11. The number of rotatable bonds is 7. The first-order valence-corrected chi connectivity index (χ1v) is 7.65. The van der Waals surface area contributed by atoms with Gasteiger partial charge in [-0.2, -0.15) is 0 Å². The highest BCUT2D eigenvalue weighted by Crippen LogP contribution is 2.16. The van der Waals surface area contributed by atoms with Gasteiger partial charge in [0.05, 0.1) is 13.2 Å². The molecule has 0 aromatic heterocycles. The molecule has 1 N–H and O–H groups in total. The highest BCUT2D eigenvalue weighted by atomic mass is 35.5. The molecule has 2 rings (SSSR count). The van der Waals surface area contributed by atoms with E-state index in [0.717, 1.165) is 17.1 Å². The van der Waals surface area contributed by atoms with Crippen LogP contribution >= 0.6 is 11.6 Å². The predicted octanol–water partition coefficient (Wildman–Crippen LogP) is 4.55. The standard InChI is InChI=1S/C18H22ClNO/c1-14(2)20-11-15-6-5-7-16(10-15)12-21-13-17-8-3-4-9-18(17)19/h3-10,14,20H,11-13H2,1-2H3. The average Bonchev–Trinajstić information content (AvgIpc) is 2.48. The van der Waals surface area contributed by atoms with Crippen molar-refractivity contribution in [2.75, 3.05) is 0 Å². The third-order valence-corrected chi connectivity index (χ3v) is 3.56. The zero-order valence-corrected chi connectivity index (χ0v) is 13.4. The molecule has 0 heterocycles. The summed E-state index contributed by atoms with van der Waals surface area (Å²) in [5.41, 5.74) is 3.49. The fourth-order valence-electron chi connectivity index (χ4n) is 2.05. The Morgan fingerprint density at radius 2 is 1.76 bits per heavy atom. The maximum Gasteiger partial charge on any atom is 0.0735 e. The van der Waals surface area contributed by atoms with E-state index in [1.54, 1.807) is 0 Å². The van der Waals surface area contributed by atoms with E-state index in [-0.39, 0.29) is 0 Å². The van der Waals surface area contributed by atoms with Gasteiger partial charge in [0.2, 0.25) is 0 Å². The van der Waals surface area contributed by atoms with Gasteiger partial charge in [0.15, 0.2) is 0 Å². The lowest BCUT2D eigenvalue weighted by atomic mass is 10.1. The minimum Gasteiger partial charge on any atom is -0.372 e. The van der Waals surface area contributed by atoms with Gasteiger partial charge in [-0.3, -0.25) is 0 Å². The number of hydrogen-bond donors (Lipinski definition) is 1. The van der Waals surface area contributed by atoms with Gasteiger partial charge in [-0.05, 0) is 22.8 Å². The fraction of sp³-hybridized carbons (Fsp3) is 0.333. The van der Waals surface area contributed by atoms with Gasteiger partial charge in [0, 0.05) is 17.6 Å². The summed E-state index contributed by atoms with van der Waals surface area (Å²) in [7, 11) is 0. The molecule has 0 bridgehead atoms. The maximum absolute atomic E-state index is 6.11. The van der Waals surface area contributed by atoms with Gasteiger partial charge in [-0.25, -0.2) is 0 Å². The van der Waals surface area contributed by atoms with Crippen molar-refractivity contribution in [1.82, 2.24) is 5.32 Å². The maximum atomic E-state index is 6.11. The van der Waals surface area contributed by atoms with E-state index in [1.807, 2.05) is 24.3 Å². The van der Waals surface area contributed by atoms with Gasteiger partial charge < -0.3 is 10.1 Å². The Labute approximate surface area is 132 Å². The Balaban J connectivity index is 1.86. The van der Waals surface area contributed by atoms with Gasteiger partial charge in [-0.1, -0.05) is 67.9 Å². The van der Waals surface area contributed by atoms with Crippen molar-refractivity contribution in [2.45, 2.75) is 39.6 Å². The zero-order valence-electron chi connectivity index (χ0n) is 12.6. The van der Waals surface area contributed by atoms with Crippen molar-refractivity contribution in [1.29, 1.82) is 0 Å². The molecule has 0 spiro atoms. The Morgan fingerprint density at radius 1 is 1.00 bits per heavy atom. The SMILES string of the molecule is CC(C)NCc1cccc(COCc2ccccc2Cl)c1. The highest BCUT2D eigenvalue weighted by molar-refractivity contribution is 6.31. The van der Waals surface area contributed by atoms with E-state index in [9.17, 15) is 0 Å². The smallest absolute Gasteiger partial charge is 0.0735 e. The molecular weight excluding hydrogens is 282 g/mol. The minimum atomic E-state index is 0.491. The van der Waals surface area contributed by atoms with Crippen LogP contribution in [0, 0.1) is 0 Å². The van der Waals surface area contributed by atoms with Crippen LogP contribution in [0.5, 0.6) is 0 Å². The number of ether oxygens (including phenoxy) is 1. The van der Waals surface area contributed by atoms with Crippen LogP contribution in [-0.2, 0) is 24.5 Å². The van der Waals surface area contributed by atoms with E-state index >= 15 is 0 Å². The zero-order chi connectivity index (χ0) is 15.1. The Morgan fingerprint density at radius 3 is 2.52 bits per heavy atom. The number of hydrogen-bond acceptors (Lipinski definition) is 2. The second-order valence-corrected chi connectivity index (χ2v) is 5.85. The molecule has 21 heavy (non-hydrogen) atoms. The molecule has 2 nitrogen and oxygen atoms in total. The number of benzene rings is 2. The first kappa shape index (κ1) is 16.0. The average molecular weight is 304 g/mol. The molecule has 112 valence electrons. The second kappa shape index (κ2) is 8.18. The van der Waals surface area contributed by atoms with E-state index in [4.69, 9.17) is 16.3 Å². The third kappa shape index (κ3) is 5.50. The number of nitrogens with one attached hydrogen (secondary N) is 1. The molecule has 2 aromatic carbocycles. The van der Waals surface area contributed by atoms with E-state index in [1.165, 1.54) is 11.1 Å². The topological polar surface area (TPSA) is 21.3 Å². The van der Waals surface area contributed by atoms with Crippen molar-refractivity contribution in [3.05, 3.63) is 70.2 Å². The van der Waals surface area contributed by atoms with E-state index in [0.29, 0.717) is 19.3 Å². The molecule has 0 unspecified atom stereocenters. The lowest BCUT2D eigenvalue weighted by Crippen LogP contribution is -2.21. The molecule has 0 aliphatic heterocycles. The van der Waals surface area contributed by atoms with Crippen LogP contribution in [0.3, 0.4) is 0 Å². The molecule has 0 radical (unpaired) electrons. The van der Waals surface area contributed by atoms with E-state index in [2.05, 4.69) is 43.4 Å². The van der Waals surface area contributed by atoms with Crippen LogP contribution in [0.1, 0.15) is 30.5 Å². The minimum absolute atomic E-state index is 0.491. The molecule has 0 aliphatic carbocycles. The molecule has 2 aromatic rings. The van der Waals surface area contributed by atoms with Crippen LogP contribution in [-0.4, -0.2) is 6.04 Å². The van der Waals surface area contributed by atoms with Crippen LogP contribution in [0.2, 0.25) is 5.02 Å². The van der Waals surface area contributed by atoms with Crippen molar-refractivity contribution in [2.24, 2.45) is 0 Å². The molecule has 0 atom stereocenters. The molecule has 0 aliphatic rings. The summed E-state index contributed by atoms with van der Waals surface area (Å²) in [6.45, 7) is 6.32. The van der Waals surface area contributed by atoms with Crippen molar-refractivity contribution in [3.8, 4) is 0 Å². The Kier molecular flexibility index (Phi) is 6.24. The van der Waals surface area contributed by atoms with Crippen LogP contribution < -0.4 is 5.32 Å². The summed E-state index contributed by atoms with van der Waals surface area (Å²) in [5.74, 6) is 0. The summed E-state index contributed by atoms with van der Waals surface area (Å²) in [6.07, 6.45) is 0. The highest BCUT2D eigenvalue weighted by Gasteiger charge is 2.01. The van der Waals surface area contributed by atoms with Crippen molar-refractivity contribution in [3.63, 3.8) is 0 Å². The monoisotopic (exact) mass is 303 g/mol. The van der Waals surface area contributed by atoms with Gasteiger partial charge in [0.1, 0.15) is 0 Å². The second-order valence-electron chi connectivity index (χ2n) is 5.44. The van der Waals surface area contributed by atoms with Crippen LogP contribution in [0.15, 0.2) is 48.5 Å². The molecule has 0 saturated heterocycles. The van der Waals surface area contributed by atoms with Crippen LogP contribution in [0.25, 0.3) is 0 Å². The molecule has 0 fully saturated rings. The van der Waals surface area contributed by atoms with Crippen molar-refractivity contribution >= 4 is 11.6 Å². The first-order chi connectivity index (χ1) is 10.1. The Bertz CT molecular complexity index is 569. The lowest BCUT2D eigenvalue weighted by Gasteiger charge is -2.10. The van der Waals surface area contributed by atoms with Gasteiger partial charge in [0.25, 0.3) is 0 Å². The van der Waals surface area contributed by atoms with Gasteiger partial charge >= 0.3 is 0 Å². The summed E-state index contributed by atoms with van der Waals surface area (Å²) < 4.78 is 5.76. The van der Waals surface area contributed by atoms with Crippen molar-refractivity contribution < 1.29 is 4.74 Å². The Hall–Kier alpha value is -1.35. The molecule has 0 saturated carbocycles. The fourth-order valence-corrected chi connectivity index (χ4v) is 2.24. The predicted molar refractivity (Wildman–Crippen MR) is 88.4 cm³/mol. The quantitative estimate of drug-likeness (QED) is 0.810. The first-order valence-electron chi connectivity index (χ1n) is 7.27. The van der Waals surface area contributed by atoms with Gasteiger partial charge in [-0.15, -0.1) is 0 Å². The summed E-state index contributed by atoms with van der Waals surface area (Å²) in [4.78, 5) is 0. The normalized spacial score (nSPS) is 11.0. The molecular formula is C18H22ClNO. The van der Waals surface area contributed by atoms with Crippen LogP contribution in [0.4, 0.5) is 0 Å². The number of halogens is 1.